The molecule has 1 atom stereocenters. The van der Waals surface area contributed by atoms with Crippen molar-refractivity contribution in [2.24, 2.45) is 0 Å². The molecule has 1 N–H and O–H groups in total. The molecular weight excluding hydrogens is 330 g/mol. The molecule has 7 heteroatoms. The first-order valence-electron chi connectivity index (χ1n) is 8.77. The van der Waals surface area contributed by atoms with Crippen LogP contribution in [0.5, 0.6) is 0 Å². The van der Waals surface area contributed by atoms with Gasteiger partial charge in [0.1, 0.15) is 11.6 Å². The number of aromatic nitrogens is 4. The van der Waals surface area contributed by atoms with E-state index in [2.05, 4.69) is 15.5 Å². The lowest BCUT2D eigenvalue weighted by molar-refractivity contribution is -0.124. The summed E-state index contributed by atoms with van der Waals surface area (Å²) in [5.41, 5.74) is 2.49. The molecule has 0 aliphatic heterocycles. The number of nitrogens with zero attached hydrogens (tertiary/aromatic N) is 4. The molecule has 1 aromatic carbocycles. The number of rotatable bonds is 5. The molecule has 0 aliphatic rings. The standard InChI is InChI=1S/C19H23N5O2/c1-5-11-20-18(25)14(4)24-19(26)16-13(3)23(15-9-7-6-8-10-15)22-17(16)12(2)21-24/h6-10,14H,5,11H2,1-4H3,(H,20,25)/t14-/m1/s1. The number of benzene rings is 1. The molecule has 2 heterocycles. The van der Waals surface area contributed by atoms with Crippen LogP contribution in [0.1, 0.15) is 37.7 Å². The highest BCUT2D eigenvalue weighted by molar-refractivity contribution is 5.84. The van der Waals surface area contributed by atoms with E-state index in [1.165, 1.54) is 4.68 Å². The summed E-state index contributed by atoms with van der Waals surface area (Å²) < 4.78 is 3.00. The van der Waals surface area contributed by atoms with Gasteiger partial charge in [0.05, 0.1) is 22.5 Å². The Morgan fingerprint density at radius 1 is 1.19 bits per heavy atom. The number of hydrogen-bond donors (Lipinski definition) is 1. The topological polar surface area (TPSA) is 81.8 Å². The van der Waals surface area contributed by atoms with E-state index >= 15 is 0 Å². The van der Waals surface area contributed by atoms with Crippen molar-refractivity contribution >= 4 is 16.8 Å². The van der Waals surface area contributed by atoms with Gasteiger partial charge in [-0.05, 0) is 39.3 Å². The van der Waals surface area contributed by atoms with Gasteiger partial charge in [-0.1, -0.05) is 25.1 Å². The maximum Gasteiger partial charge on any atom is 0.278 e. The number of para-hydroxylation sites is 1. The van der Waals surface area contributed by atoms with Crippen LogP contribution >= 0.6 is 0 Å². The van der Waals surface area contributed by atoms with Crippen LogP contribution < -0.4 is 10.9 Å². The number of aryl methyl sites for hydroxylation is 2. The van der Waals surface area contributed by atoms with Crippen LogP contribution in [0.3, 0.4) is 0 Å². The number of fused-ring (bicyclic) bond motifs is 1. The van der Waals surface area contributed by atoms with Gasteiger partial charge in [0.25, 0.3) is 5.56 Å². The van der Waals surface area contributed by atoms with Crippen LogP contribution in [0, 0.1) is 13.8 Å². The van der Waals surface area contributed by atoms with Gasteiger partial charge < -0.3 is 5.32 Å². The molecule has 0 aliphatic carbocycles. The minimum absolute atomic E-state index is 0.215. The van der Waals surface area contributed by atoms with Crippen LogP contribution in [-0.2, 0) is 4.79 Å². The Morgan fingerprint density at radius 2 is 1.88 bits per heavy atom. The molecule has 0 bridgehead atoms. The first kappa shape index (κ1) is 17.8. The van der Waals surface area contributed by atoms with Gasteiger partial charge in [0.2, 0.25) is 5.91 Å². The van der Waals surface area contributed by atoms with Gasteiger partial charge >= 0.3 is 0 Å². The van der Waals surface area contributed by atoms with Gasteiger partial charge in [0.15, 0.2) is 0 Å². The summed E-state index contributed by atoms with van der Waals surface area (Å²) in [5.74, 6) is -0.215. The van der Waals surface area contributed by atoms with E-state index in [4.69, 9.17) is 0 Å². The lowest BCUT2D eigenvalue weighted by Crippen LogP contribution is -2.37. The number of hydrogen-bond acceptors (Lipinski definition) is 4. The third kappa shape index (κ3) is 3.00. The Morgan fingerprint density at radius 3 is 2.54 bits per heavy atom. The predicted molar refractivity (Wildman–Crippen MR) is 101 cm³/mol. The Bertz CT molecular complexity index is 1000. The fourth-order valence-electron chi connectivity index (χ4n) is 2.97. The first-order valence-corrected chi connectivity index (χ1v) is 8.77. The van der Waals surface area contributed by atoms with E-state index in [1.54, 1.807) is 18.5 Å². The highest BCUT2D eigenvalue weighted by Crippen LogP contribution is 2.20. The monoisotopic (exact) mass is 353 g/mol. The summed E-state index contributed by atoms with van der Waals surface area (Å²) in [6.07, 6.45) is 0.835. The summed E-state index contributed by atoms with van der Waals surface area (Å²) >= 11 is 0. The largest absolute Gasteiger partial charge is 0.354 e. The molecule has 0 saturated carbocycles. The molecule has 26 heavy (non-hydrogen) atoms. The maximum absolute atomic E-state index is 13.0. The molecule has 0 saturated heterocycles. The lowest BCUT2D eigenvalue weighted by Gasteiger charge is -2.14. The molecule has 0 radical (unpaired) electrons. The van der Waals surface area contributed by atoms with Crippen LogP contribution in [0.2, 0.25) is 0 Å². The summed E-state index contributed by atoms with van der Waals surface area (Å²) in [5, 5.41) is 12.2. The quantitative estimate of drug-likeness (QED) is 0.763. The van der Waals surface area contributed by atoms with E-state index < -0.39 is 6.04 Å². The highest BCUT2D eigenvalue weighted by Gasteiger charge is 2.22. The van der Waals surface area contributed by atoms with E-state index in [0.29, 0.717) is 23.1 Å². The number of carbonyl (C=O) groups excluding carboxylic acids is 1. The van der Waals surface area contributed by atoms with Crippen molar-refractivity contribution in [3.63, 3.8) is 0 Å². The Balaban J connectivity index is 2.15. The minimum atomic E-state index is -0.684. The smallest absolute Gasteiger partial charge is 0.278 e. The molecule has 0 unspecified atom stereocenters. The van der Waals surface area contributed by atoms with Crippen LogP contribution in [0.4, 0.5) is 0 Å². The lowest BCUT2D eigenvalue weighted by atomic mass is 10.2. The maximum atomic E-state index is 13.0. The second-order valence-electron chi connectivity index (χ2n) is 6.36. The fraction of sp³-hybridized carbons (Fsp3) is 0.368. The highest BCUT2D eigenvalue weighted by atomic mass is 16.2. The molecule has 1 amide bonds. The zero-order chi connectivity index (χ0) is 18.8. The molecule has 0 fully saturated rings. The Kier molecular flexibility index (Phi) is 4.88. The SMILES string of the molecule is CCCNC(=O)[C@@H](C)n1nc(C)c2nn(-c3ccccc3)c(C)c2c1=O. The molecule has 136 valence electrons. The van der Waals surface area contributed by atoms with E-state index in [9.17, 15) is 9.59 Å². The summed E-state index contributed by atoms with van der Waals surface area (Å²) in [7, 11) is 0. The second-order valence-corrected chi connectivity index (χ2v) is 6.36. The number of amides is 1. The predicted octanol–water partition coefficient (Wildman–Crippen LogP) is 2.29. The third-order valence-electron chi connectivity index (χ3n) is 4.43. The molecular formula is C19H23N5O2. The van der Waals surface area contributed by atoms with Crippen molar-refractivity contribution in [1.29, 1.82) is 0 Å². The zero-order valence-corrected chi connectivity index (χ0v) is 15.5. The number of nitrogens with one attached hydrogen (secondary N) is 1. The van der Waals surface area contributed by atoms with Gasteiger partial charge in [-0.2, -0.15) is 10.2 Å². The summed E-state index contributed by atoms with van der Waals surface area (Å²) in [4.78, 5) is 25.3. The number of carbonyl (C=O) groups is 1. The van der Waals surface area contributed by atoms with Gasteiger partial charge in [0, 0.05) is 6.54 Å². The van der Waals surface area contributed by atoms with E-state index in [1.807, 2.05) is 44.2 Å². The molecule has 3 rings (SSSR count). The van der Waals surface area contributed by atoms with Crippen molar-refractivity contribution in [3.05, 3.63) is 52.1 Å². The molecule has 7 nitrogen and oxygen atoms in total. The summed E-state index contributed by atoms with van der Waals surface area (Å²) in [6.45, 7) is 7.89. The van der Waals surface area contributed by atoms with Gasteiger partial charge in [-0.15, -0.1) is 0 Å². The average molecular weight is 353 g/mol. The Hall–Kier alpha value is -2.96. The van der Waals surface area contributed by atoms with Crippen molar-refractivity contribution in [1.82, 2.24) is 24.9 Å². The third-order valence-corrected chi connectivity index (χ3v) is 4.43. The van der Waals surface area contributed by atoms with Crippen molar-refractivity contribution in [3.8, 4) is 5.69 Å². The zero-order valence-electron chi connectivity index (χ0n) is 15.5. The van der Waals surface area contributed by atoms with Crippen LogP contribution in [-0.4, -0.2) is 32.0 Å². The molecule has 3 aromatic rings. The average Bonchev–Trinajstić information content (AvgIpc) is 3.01. The molecule has 2 aromatic heterocycles. The van der Waals surface area contributed by atoms with E-state index in [0.717, 1.165) is 17.8 Å². The van der Waals surface area contributed by atoms with E-state index in [-0.39, 0.29) is 11.5 Å². The summed E-state index contributed by atoms with van der Waals surface area (Å²) in [6, 6.07) is 8.95. The van der Waals surface area contributed by atoms with Gasteiger partial charge in [-0.3, -0.25) is 9.59 Å². The van der Waals surface area contributed by atoms with Crippen molar-refractivity contribution in [2.75, 3.05) is 6.54 Å². The van der Waals surface area contributed by atoms with Crippen molar-refractivity contribution < 1.29 is 4.79 Å². The van der Waals surface area contributed by atoms with Gasteiger partial charge in [-0.25, -0.2) is 9.36 Å². The van der Waals surface area contributed by atoms with Crippen LogP contribution in [0.25, 0.3) is 16.6 Å². The first-order chi connectivity index (χ1) is 12.5. The van der Waals surface area contributed by atoms with Crippen molar-refractivity contribution in [2.45, 2.75) is 40.2 Å². The molecule has 0 spiro atoms. The normalized spacial score (nSPS) is 12.3. The van der Waals surface area contributed by atoms with Crippen LogP contribution in [0.15, 0.2) is 35.1 Å². The fourth-order valence-corrected chi connectivity index (χ4v) is 2.97. The minimum Gasteiger partial charge on any atom is -0.354 e. The Labute approximate surface area is 151 Å². The second kappa shape index (κ2) is 7.11.